The van der Waals surface area contributed by atoms with E-state index in [1.807, 2.05) is 18.2 Å². The zero-order valence-electron chi connectivity index (χ0n) is 11.5. The molecular weight excluding hydrogens is 309 g/mol. The van der Waals surface area contributed by atoms with Crippen LogP contribution in [0.3, 0.4) is 0 Å². The Hall–Kier alpha value is -1.71. The molecule has 0 aliphatic heterocycles. The summed E-state index contributed by atoms with van der Waals surface area (Å²) in [6, 6.07) is 14.3. The Morgan fingerprint density at radius 1 is 1.19 bits per heavy atom. The van der Waals surface area contributed by atoms with Crippen molar-refractivity contribution in [2.24, 2.45) is 0 Å². The molecule has 0 saturated heterocycles. The average Bonchev–Trinajstić information content (AvgIpc) is 2.46. The van der Waals surface area contributed by atoms with Crippen LogP contribution in [0.2, 0.25) is 10.0 Å². The number of carbonyl (C=O) groups is 1. The van der Waals surface area contributed by atoms with Gasteiger partial charge in [-0.2, -0.15) is 0 Å². The number of hydrogen-bond donors (Lipinski definition) is 1. The van der Waals surface area contributed by atoms with Crippen LogP contribution in [0.25, 0.3) is 0 Å². The van der Waals surface area contributed by atoms with Crippen LogP contribution in [0.15, 0.2) is 48.5 Å². The number of amides is 1. The third kappa shape index (κ3) is 4.66. The van der Waals surface area contributed by atoms with Crippen molar-refractivity contribution in [3.8, 4) is 5.75 Å². The standard InChI is InChI=1S/C16H15Cl2NO2/c1-11(21-14-7-4-6-13(17)9-14)16(20)19-10-12-5-2-3-8-15(12)18/h2-9,11H,10H2,1H3,(H,19,20)/t11-/m0/s1. The zero-order chi connectivity index (χ0) is 15.2. The van der Waals surface area contributed by atoms with Crippen molar-refractivity contribution >= 4 is 29.1 Å². The van der Waals surface area contributed by atoms with Gasteiger partial charge in [0, 0.05) is 16.6 Å². The van der Waals surface area contributed by atoms with E-state index in [9.17, 15) is 4.79 Å². The highest BCUT2D eigenvalue weighted by molar-refractivity contribution is 6.31. The van der Waals surface area contributed by atoms with Gasteiger partial charge in [-0.15, -0.1) is 0 Å². The Balaban J connectivity index is 1.90. The molecule has 0 aliphatic rings. The average molecular weight is 324 g/mol. The molecule has 0 spiro atoms. The molecule has 0 bridgehead atoms. The van der Waals surface area contributed by atoms with Crippen molar-refractivity contribution in [3.05, 3.63) is 64.1 Å². The smallest absolute Gasteiger partial charge is 0.261 e. The van der Waals surface area contributed by atoms with E-state index in [0.29, 0.717) is 22.3 Å². The second-order valence-corrected chi connectivity index (χ2v) is 5.37. The predicted molar refractivity (Wildman–Crippen MR) is 84.8 cm³/mol. The quantitative estimate of drug-likeness (QED) is 0.900. The Bertz CT molecular complexity index is 631. The third-order valence-corrected chi connectivity index (χ3v) is 3.49. The van der Waals surface area contributed by atoms with E-state index in [1.54, 1.807) is 37.3 Å². The van der Waals surface area contributed by atoms with E-state index < -0.39 is 6.10 Å². The molecule has 0 aliphatic carbocycles. The summed E-state index contributed by atoms with van der Waals surface area (Å²) in [5, 5.41) is 3.99. The summed E-state index contributed by atoms with van der Waals surface area (Å²) < 4.78 is 5.55. The molecule has 1 atom stereocenters. The normalized spacial score (nSPS) is 11.8. The first-order chi connectivity index (χ1) is 10.1. The zero-order valence-corrected chi connectivity index (χ0v) is 13.0. The minimum Gasteiger partial charge on any atom is -0.481 e. The van der Waals surface area contributed by atoms with Crippen LogP contribution in [-0.2, 0) is 11.3 Å². The SMILES string of the molecule is C[C@H](Oc1cccc(Cl)c1)C(=O)NCc1ccccc1Cl. The van der Waals surface area contributed by atoms with Gasteiger partial charge in [0.2, 0.25) is 0 Å². The summed E-state index contributed by atoms with van der Waals surface area (Å²) in [5.41, 5.74) is 0.863. The maximum atomic E-state index is 12.0. The molecule has 0 aromatic heterocycles. The van der Waals surface area contributed by atoms with Gasteiger partial charge < -0.3 is 10.1 Å². The summed E-state index contributed by atoms with van der Waals surface area (Å²) in [6.07, 6.45) is -0.619. The Morgan fingerprint density at radius 2 is 1.95 bits per heavy atom. The van der Waals surface area contributed by atoms with Crippen LogP contribution in [0.1, 0.15) is 12.5 Å². The Morgan fingerprint density at radius 3 is 2.67 bits per heavy atom. The molecule has 0 fully saturated rings. The van der Waals surface area contributed by atoms with Crippen molar-refractivity contribution in [1.82, 2.24) is 5.32 Å². The van der Waals surface area contributed by atoms with E-state index in [1.165, 1.54) is 0 Å². The third-order valence-electron chi connectivity index (χ3n) is 2.89. The van der Waals surface area contributed by atoms with Crippen molar-refractivity contribution in [1.29, 1.82) is 0 Å². The molecule has 5 heteroatoms. The molecule has 2 aromatic carbocycles. The fourth-order valence-electron chi connectivity index (χ4n) is 1.77. The first kappa shape index (κ1) is 15.7. The molecule has 21 heavy (non-hydrogen) atoms. The number of ether oxygens (including phenoxy) is 1. The molecule has 2 rings (SSSR count). The fraction of sp³-hybridized carbons (Fsp3) is 0.188. The lowest BCUT2D eigenvalue weighted by Gasteiger charge is -2.15. The van der Waals surface area contributed by atoms with Gasteiger partial charge in [0.05, 0.1) is 0 Å². The van der Waals surface area contributed by atoms with Gasteiger partial charge in [-0.25, -0.2) is 0 Å². The second-order valence-electron chi connectivity index (χ2n) is 4.53. The number of benzene rings is 2. The van der Waals surface area contributed by atoms with E-state index in [2.05, 4.69) is 5.32 Å². The van der Waals surface area contributed by atoms with Gasteiger partial charge in [-0.3, -0.25) is 4.79 Å². The fourth-order valence-corrected chi connectivity index (χ4v) is 2.15. The number of nitrogens with one attached hydrogen (secondary N) is 1. The molecule has 3 nitrogen and oxygen atoms in total. The summed E-state index contributed by atoms with van der Waals surface area (Å²) in [6.45, 7) is 2.05. The highest BCUT2D eigenvalue weighted by Gasteiger charge is 2.14. The van der Waals surface area contributed by atoms with Gasteiger partial charge in [-0.1, -0.05) is 47.5 Å². The monoisotopic (exact) mass is 323 g/mol. The first-order valence-electron chi connectivity index (χ1n) is 6.49. The summed E-state index contributed by atoms with van der Waals surface area (Å²) in [4.78, 5) is 12.0. The van der Waals surface area contributed by atoms with Crippen LogP contribution in [0, 0.1) is 0 Å². The van der Waals surface area contributed by atoms with E-state index in [-0.39, 0.29) is 5.91 Å². The summed E-state index contributed by atoms with van der Waals surface area (Å²) >= 11 is 11.9. The molecule has 0 radical (unpaired) electrons. The van der Waals surface area contributed by atoms with Crippen LogP contribution in [0.4, 0.5) is 0 Å². The van der Waals surface area contributed by atoms with Crippen molar-refractivity contribution in [2.45, 2.75) is 19.6 Å². The molecule has 1 N–H and O–H groups in total. The predicted octanol–water partition coefficient (Wildman–Crippen LogP) is 4.08. The molecule has 0 saturated carbocycles. The lowest BCUT2D eigenvalue weighted by molar-refractivity contribution is -0.127. The second kappa shape index (κ2) is 7.34. The van der Waals surface area contributed by atoms with Gasteiger partial charge >= 0.3 is 0 Å². The first-order valence-corrected chi connectivity index (χ1v) is 7.25. The van der Waals surface area contributed by atoms with E-state index in [0.717, 1.165) is 5.56 Å². The van der Waals surface area contributed by atoms with Crippen LogP contribution < -0.4 is 10.1 Å². The number of carbonyl (C=O) groups excluding carboxylic acids is 1. The molecule has 110 valence electrons. The number of hydrogen-bond acceptors (Lipinski definition) is 2. The van der Waals surface area contributed by atoms with Crippen molar-refractivity contribution in [3.63, 3.8) is 0 Å². The number of rotatable bonds is 5. The van der Waals surface area contributed by atoms with Gasteiger partial charge in [0.15, 0.2) is 6.10 Å². The highest BCUT2D eigenvalue weighted by atomic mass is 35.5. The Kier molecular flexibility index (Phi) is 5.48. The van der Waals surface area contributed by atoms with Gasteiger partial charge in [0.25, 0.3) is 5.91 Å². The lowest BCUT2D eigenvalue weighted by Crippen LogP contribution is -2.35. The van der Waals surface area contributed by atoms with Gasteiger partial charge in [-0.05, 0) is 36.8 Å². The van der Waals surface area contributed by atoms with Crippen molar-refractivity contribution < 1.29 is 9.53 Å². The van der Waals surface area contributed by atoms with Gasteiger partial charge in [0.1, 0.15) is 5.75 Å². The number of halogens is 2. The minimum atomic E-state index is -0.619. The highest BCUT2D eigenvalue weighted by Crippen LogP contribution is 2.18. The minimum absolute atomic E-state index is 0.213. The Labute approximate surface area is 133 Å². The lowest BCUT2D eigenvalue weighted by atomic mass is 10.2. The molecule has 0 unspecified atom stereocenters. The molecule has 0 heterocycles. The topological polar surface area (TPSA) is 38.3 Å². The maximum absolute atomic E-state index is 12.0. The largest absolute Gasteiger partial charge is 0.481 e. The molecule has 1 amide bonds. The van der Waals surface area contributed by atoms with Crippen LogP contribution in [0.5, 0.6) is 5.75 Å². The molecule has 2 aromatic rings. The van der Waals surface area contributed by atoms with E-state index in [4.69, 9.17) is 27.9 Å². The summed E-state index contributed by atoms with van der Waals surface area (Å²) in [5.74, 6) is 0.345. The summed E-state index contributed by atoms with van der Waals surface area (Å²) in [7, 11) is 0. The van der Waals surface area contributed by atoms with Crippen molar-refractivity contribution in [2.75, 3.05) is 0 Å². The van der Waals surface area contributed by atoms with Crippen LogP contribution in [-0.4, -0.2) is 12.0 Å². The van der Waals surface area contributed by atoms with E-state index >= 15 is 0 Å². The van der Waals surface area contributed by atoms with Crippen LogP contribution >= 0.6 is 23.2 Å². The molecular formula is C16H15Cl2NO2. The maximum Gasteiger partial charge on any atom is 0.261 e.